The number of thioether (sulfide) groups is 1. The van der Waals surface area contributed by atoms with Crippen molar-refractivity contribution in [2.75, 3.05) is 16.9 Å². The van der Waals surface area contributed by atoms with Gasteiger partial charge in [0.25, 0.3) is 0 Å². The van der Waals surface area contributed by atoms with Crippen LogP contribution in [0.2, 0.25) is 0 Å². The molecule has 1 aromatic rings. The Morgan fingerprint density at radius 1 is 1.50 bits per heavy atom. The van der Waals surface area contributed by atoms with Crippen LogP contribution in [0, 0.1) is 11.3 Å². The predicted molar refractivity (Wildman–Crippen MR) is 64.0 cm³/mol. The SMILES string of the molecule is N#Cc1ccc(NC(=O)C2CSCN2)cc1. The maximum Gasteiger partial charge on any atom is 0.242 e. The van der Waals surface area contributed by atoms with Crippen molar-refractivity contribution in [2.45, 2.75) is 6.04 Å². The van der Waals surface area contributed by atoms with Gasteiger partial charge in [-0.15, -0.1) is 11.8 Å². The molecule has 0 radical (unpaired) electrons. The van der Waals surface area contributed by atoms with Gasteiger partial charge in [0.1, 0.15) is 0 Å². The molecule has 2 rings (SSSR count). The zero-order valence-electron chi connectivity index (χ0n) is 8.56. The summed E-state index contributed by atoms with van der Waals surface area (Å²) in [4.78, 5) is 11.7. The van der Waals surface area contributed by atoms with Crippen molar-refractivity contribution < 1.29 is 4.79 Å². The Labute approximate surface area is 98.0 Å². The smallest absolute Gasteiger partial charge is 0.242 e. The normalized spacial score (nSPS) is 19.1. The molecule has 82 valence electrons. The van der Waals surface area contributed by atoms with E-state index < -0.39 is 0 Å². The maximum atomic E-state index is 11.7. The third-order valence-electron chi connectivity index (χ3n) is 2.31. The number of nitrogens with zero attached hydrogens (tertiary/aromatic N) is 1. The molecule has 16 heavy (non-hydrogen) atoms. The summed E-state index contributed by atoms with van der Waals surface area (Å²) < 4.78 is 0. The van der Waals surface area contributed by atoms with Crippen LogP contribution in [0.4, 0.5) is 5.69 Å². The minimum absolute atomic E-state index is 0.0188. The average molecular weight is 233 g/mol. The molecular formula is C11H11N3OS. The number of nitriles is 1. The molecule has 0 aromatic heterocycles. The third kappa shape index (κ3) is 2.54. The van der Waals surface area contributed by atoms with Gasteiger partial charge in [0.05, 0.1) is 17.7 Å². The lowest BCUT2D eigenvalue weighted by atomic mass is 10.2. The fourth-order valence-corrected chi connectivity index (χ4v) is 2.36. The van der Waals surface area contributed by atoms with Gasteiger partial charge >= 0.3 is 0 Å². The van der Waals surface area contributed by atoms with Gasteiger partial charge in [0.2, 0.25) is 5.91 Å². The highest BCUT2D eigenvalue weighted by Crippen LogP contribution is 2.13. The number of benzene rings is 1. The lowest BCUT2D eigenvalue weighted by molar-refractivity contribution is -0.117. The molecule has 1 aromatic carbocycles. The van der Waals surface area contributed by atoms with Crippen LogP contribution in [0.3, 0.4) is 0 Å². The van der Waals surface area contributed by atoms with Gasteiger partial charge in [-0.2, -0.15) is 5.26 Å². The summed E-state index contributed by atoms with van der Waals surface area (Å²) in [5, 5.41) is 14.5. The first-order valence-corrected chi connectivity index (χ1v) is 6.07. The third-order valence-corrected chi connectivity index (χ3v) is 3.25. The van der Waals surface area contributed by atoms with E-state index in [0.29, 0.717) is 5.56 Å². The Morgan fingerprint density at radius 2 is 2.25 bits per heavy atom. The first kappa shape index (κ1) is 11.0. The van der Waals surface area contributed by atoms with Gasteiger partial charge in [-0.25, -0.2) is 0 Å². The molecule has 1 heterocycles. The molecule has 2 N–H and O–H groups in total. The van der Waals surface area contributed by atoms with Crippen molar-refractivity contribution in [3.63, 3.8) is 0 Å². The van der Waals surface area contributed by atoms with Crippen LogP contribution in [-0.2, 0) is 4.79 Å². The molecule has 5 heteroatoms. The molecule has 1 fully saturated rings. The lowest BCUT2D eigenvalue weighted by Crippen LogP contribution is -2.37. The van der Waals surface area contributed by atoms with E-state index in [9.17, 15) is 4.79 Å². The molecule has 0 spiro atoms. The minimum atomic E-state index is -0.111. The van der Waals surface area contributed by atoms with Crippen molar-refractivity contribution in [1.29, 1.82) is 5.26 Å². The Bertz CT molecular complexity index is 418. The minimum Gasteiger partial charge on any atom is -0.325 e. The first-order valence-electron chi connectivity index (χ1n) is 4.92. The van der Waals surface area contributed by atoms with E-state index in [-0.39, 0.29) is 11.9 Å². The Hall–Kier alpha value is -1.51. The van der Waals surface area contributed by atoms with Crippen molar-refractivity contribution in [3.8, 4) is 6.07 Å². The molecule has 1 aliphatic heterocycles. The molecule has 1 amide bonds. The number of hydrogen-bond acceptors (Lipinski definition) is 4. The van der Waals surface area contributed by atoms with Gasteiger partial charge in [-0.3, -0.25) is 10.1 Å². The van der Waals surface area contributed by atoms with Gasteiger partial charge in [-0.05, 0) is 24.3 Å². The number of carbonyl (C=O) groups is 1. The molecule has 1 aliphatic rings. The maximum absolute atomic E-state index is 11.7. The topological polar surface area (TPSA) is 64.9 Å². The predicted octanol–water partition coefficient (Wildman–Crippen LogP) is 1.16. The van der Waals surface area contributed by atoms with E-state index in [4.69, 9.17) is 5.26 Å². The van der Waals surface area contributed by atoms with E-state index in [0.717, 1.165) is 17.3 Å². The Balaban J connectivity index is 1.98. The summed E-state index contributed by atoms with van der Waals surface area (Å²) in [6.07, 6.45) is 0. The van der Waals surface area contributed by atoms with Crippen LogP contribution in [0.1, 0.15) is 5.56 Å². The summed E-state index contributed by atoms with van der Waals surface area (Å²) in [5.41, 5.74) is 1.32. The molecule has 0 bridgehead atoms. The van der Waals surface area contributed by atoms with Crippen molar-refractivity contribution >= 4 is 23.4 Å². The van der Waals surface area contributed by atoms with Crippen molar-refractivity contribution in [3.05, 3.63) is 29.8 Å². The van der Waals surface area contributed by atoms with Gasteiger partial charge in [0.15, 0.2) is 0 Å². The van der Waals surface area contributed by atoms with Crippen LogP contribution >= 0.6 is 11.8 Å². The number of nitrogens with one attached hydrogen (secondary N) is 2. The summed E-state index contributed by atoms with van der Waals surface area (Å²) in [6.45, 7) is 0. The summed E-state index contributed by atoms with van der Waals surface area (Å²) >= 11 is 1.71. The molecule has 0 aliphatic carbocycles. The van der Waals surface area contributed by atoms with E-state index in [1.165, 1.54) is 0 Å². The lowest BCUT2D eigenvalue weighted by Gasteiger charge is -2.10. The first-order chi connectivity index (χ1) is 7.79. The summed E-state index contributed by atoms with van der Waals surface area (Å²) in [5.74, 6) is 1.61. The number of carbonyl (C=O) groups excluding carboxylic acids is 1. The van der Waals surface area contributed by atoms with Gasteiger partial charge in [-0.1, -0.05) is 0 Å². The van der Waals surface area contributed by atoms with Gasteiger partial charge in [0, 0.05) is 17.3 Å². The van der Waals surface area contributed by atoms with Crippen LogP contribution < -0.4 is 10.6 Å². The number of hydrogen-bond donors (Lipinski definition) is 2. The zero-order chi connectivity index (χ0) is 11.4. The second-order valence-electron chi connectivity index (χ2n) is 3.45. The fraction of sp³-hybridized carbons (Fsp3) is 0.273. The highest BCUT2D eigenvalue weighted by Gasteiger charge is 2.22. The van der Waals surface area contributed by atoms with Crippen LogP contribution in [-0.4, -0.2) is 23.6 Å². The van der Waals surface area contributed by atoms with E-state index in [1.807, 2.05) is 6.07 Å². The largest absolute Gasteiger partial charge is 0.325 e. The summed E-state index contributed by atoms with van der Waals surface area (Å²) in [7, 11) is 0. The average Bonchev–Trinajstić information content (AvgIpc) is 2.83. The molecule has 4 nitrogen and oxygen atoms in total. The number of anilines is 1. The van der Waals surface area contributed by atoms with E-state index in [2.05, 4.69) is 10.6 Å². The Kier molecular flexibility index (Phi) is 3.44. The molecular weight excluding hydrogens is 222 g/mol. The second-order valence-corrected chi connectivity index (χ2v) is 4.48. The number of amides is 1. The Morgan fingerprint density at radius 3 is 2.81 bits per heavy atom. The van der Waals surface area contributed by atoms with Crippen LogP contribution in [0.15, 0.2) is 24.3 Å². The molecule has 1 saturated heterocycles. The van der Waals surface area contributed by atoms with Crippen molar-refractivity contribution in [2.24, 2.45) is 0 Å². The molecule has 1 atom stereocenters. The summed E-state index contributed by atoms with van der Waals surface area (Å²) in [6, 6.07) is 8.77. The second kappa shape index (κ2) is 5.01. The fourth-order valence-electron chi connectivity index (χ4n) is 1.42. The highest BCUT2D eigenvalue weighted by molar-refractivity contribution is 7.99. The molecule has 0 saturated carbocycles. The van der Waals surface area contributed by atoms with E-state index >= 15 is 0 Å². The van der Waals surface area contributed by atoms with Crippen molar-refractivity contribution in [1.82, 2.24) is 5.32 Å². The van der Waals surface area contributed by atoms with Gasteiger partial charge < -0.3 is 5.32 Å². The zero-order valence-corrected chi connectivity index (χ0v) is 9.38. The van der Waals surface area contributed by atoms with Crippen LogP contribution in [0.5, 0.6) is 0 Å². The molecule has 1 unspecified atom stereocenters. The van der Waals surface area contributed by atoms with E-state index in [1.54, 1.807) is 36.0 Å². The monoisotopic (exact) mass is 233 g/mol. The number of rotatable bonds is 2. The quantitative estimate of drug-likeness (QED) is 0.804. The standard InChI is InChI=1S/C11H11N3OS/c12-5-8-1-3-9(4-2-8)14-11(15)10-6-16-7-13-10/h1-4,10,13H,6-7H2,(H,14,15). The highest BCUT2D eigenvalue weighted by atomic mass is 32.2. The van der Waals surface area contributed by atoms with Crippen LogP contribution in [0.25, 0.3) is 0 Å².